The van der Waals surface area contributed by atoms with Crippen molar-refractivity contribution in [2.75, 3.05) is 0 Å². The molecule has 0 spiro atoms. The normalized spacial score (nSPS) is 20.1. The lowest BCUT2D eigenvalue weighted by Gasteiger charge is -2.39. The van der Waals surface area contributed by atoms with Gasteiger partial charge < -0.3 is 5.11 Å². The summed E-state index contributed by atoms with van der Waals surface area (Å²) in [6.07, 6.45) is 1.80. The summed E-state index contributed by atoms with van der Waals surface area (Å²) in [6.45, 7) is 15.1. The Bertz CT molecular complexity index is 286. The minimum atomic E-state index is -1.61. The Morgan fingerprint density at radius 3 is 2.00 bits per heavy atom. The van der Waals surface area contributed by atoms with Gasteiger partial charge in [-0.05, 0) is 23.1 Å². The Labute approximate surface area is 88.5 Å². The van der Waals surface area contributed by atoms with Gasteiger partial charge in [0.2, 0.25) is 0 Å². The molecule has 0 heterocycles. The number of hydrogen-bond acceptors (Lipinski definition) is 1. The first-order chi connectivity index (χ1) is 6.15. The monoisotopic (exact) mass is 210 g/mol. The standard InChI is InChI=1S/C12H22OSi/c1-7-10(12(13)8-9-12)14(5,6)11(2,3)4/h13H,1,8-9H2,2-6H3. The van der Waals surface area contributed by atoms with Crippen LogP contribution in [-0.4, -0.2) is 18.8 Å². The van der Waals surface area contributed by atoms with Crippen LogP contribution in [0.25, 0.3) is 0 Å². The van der Waals surface area contributed by atoms with Crippen molar-refractivity contribution in [1.82, 2.24) is 0 Å². The van der Waals surface area contributed by atoms with E-state index in [2.05, 4.69) is 46.2 Å². The third kappa shape index (κ3) is 1.74. The van der Waals surface area contributed by atoms with Gasteiger partial charge in [-0.25, -0.2) is 0 Å². The Balaban J connectivity index is 3.08. The van der Waals surface area contributed by atoms with Crippen LogP contribution in [-0.2, 0) is 0 Å². The van der Waals surface area contributed by atoms with Gasteiger partial charge in [0.25, 0.3) is 0 Å². The van der Waals surface area contributed by atoms with E-state index in [9.17, 15) is 5.11 Å². The van der Waals surface area contributed by atoms with E-state index >= 15 is 0 Å². The van der Waals surface area contributed by atoms with Gasteiger partial charge in [-0.2, -0.15) is 0 Å². The molecule has 14 heavy (non-hydrogen) atoms. The van der Waals surface area contributed by atoms with Crippen molar-refractivity contribution in [3.05, 3.63) is 17.5 Å². The summed E-state index contributed by atoms with van der Waals surface area (Å²) < 4.78 is 0. The van der Waals surface area contributed by atoms with Crippen LogP contribution in [0.15, 0.2) is 17.5 Å². The molecule has 0 aromatic carbocycles. The molecule has 1 N–H and O–H groups in total. The molecule has 2 heteroatoms. The molecule has 0 unspecified atom stereocenters. The molecule has 0 aromatic rings. The van der Waals surface area contributed by atoms with Gasteiger partial charge in [-0.3, -0.25) is 0 Å². The van der Waals surface area contributed by atoms with Gasteiger partial charge in [0, 0.05) is 0 Å². The minimum absolute atomic E-state index is 0.255. The Morgan fingerprint density at radius 2 is 1.79 bits per heavy atom. The first-order valence-electron chi connectivity index (χ1n) is 5.28. The van der Waals surface area contributed by atoms with Crippen molar-refractivity contribution in [3.63, 3.8) is 0 Å². The van der Waals surface area contributed by atoms with Crippen LogP contribution in [0.2, 0.25) is 18.1 Å². The maximum Gasteiger partial charge on any atom is 0.0944 e. The Morgan fingerprint density at radius 1 is 1.36 bits per heavy atom. The summed E-state index contributed by atoms with van der Waals surface area (Å²) in [6, 6.07) is 0. The van der Waals surface area contributed by atoms with Crippen molar-refractivity contribution in [1.29, 1.82) is 0 Å². The molecule has 1 aliphatic carbocycles. The molecule has 1 saturated carbocycles. The van der Waals surface area contributed by atoms with Crippen LogP contribution in [0.3, 0.4) is 0 Å². The maximum absolute atomic E-state index is 10.2. The van der Waals surface area contributed by atoms with E-state index < -0.39 is 13.7 Å². The molecule has 1 aliphatic rings. The second kappa shape index (κ2) is 3.09. The summed E-state index contributed by atoms with van der Waals surface area (Å²) in [5.41, 5.74) is 2.49. The summed E-state index contributed by atoms with van der Waals surface area (Å²) in [5, 5.41) is 11.6. The van der Waals surface area contributed by atoms with Crippen LogP contribution in [0.4, 0.5) is 0 Å². The van der Waals surface area contributed by atoms with Crippen molar-refractivity contribution >= 4 is 8.07 Å². The molecule has 0 saturated heterocycles. The summed E-state index contributed by atoms with van der Waals surface area (Å²) >= 11 is 0. The van der Waals surface area contributed by atoms with Crippen molar-refractivity contribution in [3.8, 4) is 0 Å². The average molecular weight is 210 g/mol. The maximum atomic E-state index is 10.2. The summed E-state index contributed by atoms with van der Waals surface area (Å²) in [5.74, 6) is 0. The van der Waals surface area contributed by atoms with Gasteiger partial charge in [-0.15, -0.1) is 5.73 Å². The van der Waals surface area contributed by atoms with E-state index in [0.29, 0.717) is 0 Å². The molecule has 0 bridgehead atoms. The zero-order valence-corrected chi connectivity index (χ0v) is 11.1. The first kappa shape index (κ1) is 11.8. The molecule has 1 nitrogen and oxygen atoms in total. The van der Waals surface area contributed by atoms with Crippen molar-refractivity contribution in [2.45, 2.75) is 57.3 Å². The molecule has 0 amide bonds. The highest BCUT2D eigenvalue weighted by Gasteiger charge is 2.53. The second-order valence-corrected chi connectivity index (χ2v) is 11.2. The second-order valence-electron chi connectivity index (χ2n) is 5.96. The van der Waals surface area contributed by atoms with Crippen LogP contribution in [0, 0.1) is 0 Å². The lowest BCUT2D eigenvalue weighted by atomic mass is 10.2. The van der Waals surface area contributed by atoms with E-state index in [1.165, 1.54) is 0 Å². The van der Waals surface area contributed by atoms with Gasteiger partial charge in [-0.1, -0.05) is 40.4 Å². The molecule has 1 fully saturated rings. The van der Waals surface area contributed by atoms with E-state index in [1.54, 1.807) is 0 Å². The highest BCUT2D eigenvalue weighted by atomic mass is 28.3. The SMILES string of the molecule is C=C=C(C1(O)CC1)[Si](C)(C)C(C)(C)C. The number of aliphatic hydroxyl groups is 1. The summed E-state index contributed by atoms with van der Waals surface area (Å²) in [4.78, 5) is 0. The largest absolute Gasteiger partial charge is 0.385 e. The molecular weight excluding hydrogens is 188 g/mol. The van der Waals surface area contributed by atoms with E-state index in [-0.39, 0.29) is 5.04 Å². The van der Waals surface area contributed by atoms with Gasteiger partial charge in [0.05, 0.1) is 13.7 Å². The Hall–Kier alpha value is -0.303. The summed E-state index contributed by atoms with van der Waals surface area (Å²) in [7, 11) is -1.61. The fourth-order valence-electron chi connectivity index (χ4n) is 1.71. The predicted octanol–water partition coefficient (Wildman–Crippen LogP) is 3.27. The smallest absolute Gasteiger partial charge is 0.0944 e. The zero-order chi connectivity index (χ0) is 11.2. The predicted molar refractivity (Wildman–Crippen MR) is 64.0 cm³/mol. The van der Waals surface area contributed by atoms with E-state index in [4.69, 9.17) is 0 Å². The molecular formula is C12H22OSi. The molecule has 0 atom stereocenters. The molecule has 0 radical (unpaired) electrons. The number of rotatable bonds is 2. The van der Waals surface area contributed by atoms with Crippen LogP contribution in [0.1, 0.15) is 33.6 Å². The van der Waals surface area contributed by atoms with E-state index in [1.807, 2.05) is 0 Å². The first-order valence-corrected chi connectivity index (χ1v) is 8.28. The molecule has 0 aliphatic heterocycles. The van der Waals surface area contributed by atoms with Crippen LogP contribution in [0.5, 0.6) is 0 Å². The highest BCUT2D eigenvalue weighted by molar-refractivity contribution is 6.87. The van der Waals surface area contributed by atoms with Gasteiger partial charge >= 0.3 is 0 Å². The zero-order valence-electron chi connectivity index (χ0n) is 10.1. The van der Waals surface area contributed by atoms with Gasteiger partial charge in [0.15, 0.2) is 0 Å². The Kier molecular flexibility index (Phi) is 2.60. The lowest BCUT2D eigenvalue weighted by molar-refractivity contribution is 0.195. The van der Waals surface area contributed by atoms with E-state index in [0.717, 1.165) is 18.0 Å². The molecule has 0 aromatic heterocycles. The van der Waals surface area contributed by atoms with Crippen molar-refractivity contribution in [2.24, 2.45) is 0 Å². The molecule has 80 valence electrons. The third-order valence-electron chi connectivity index (χ3n) is 3.87. The third-order valence-corrected chi connectivity index (χ3v) is 9.51. The van der Waals surface area contributed by atoms with Crippen LogP contribution >= 0.6 is 0 Å². The highest BCUT2D eigenvalue weighted by Crippen LogP contribution is 2.51. The fourth-order valence-corrected chi connectivity index (χ4v) is 4.32. The quantitative estimate of drug-likeness (QED) is 0.548. The van der Waals surface area contributed by atoms with Crippen LogP contribution < -0.4 is 0 Å². The number of hydrogen-bond donors (Lipinski definition) is 1. The lowest BCUT2D eigenvalue weighted by Crippen LogP contribution is -2.44. The average Bonchev–Trinajstić information content (AvgIpc) is 2.66. The molecule has 1 rings (SSSR count). The minimum Gasteiger partial charge on any atom is -0.385 e. The fraction of sp³-hybridized carbons (Fsp3) is 0.750. The van der Waals surface area contributed by atoms with Crippen molar-refractivity contribution < 1.29 is 5.11 Å². The topological polar surface area (TPSA) is 20.2 Å². The van der Waals surface area contributed by atoms with Gasteiger partial charge in [0.1, 0.15) is 0 Å².